The van der Waals surface area contributed by atoms with Gasteiger partial charge in [0.05, 0.1) is 0 Å². The number of halogens is 1. The van der Waals surface area contributed by atoms with E-state index in [0.29, 0.717) is 16.5 Å². The largest absolute Gasteiger partial charge is 0.477 e. The van der Waals surface area contributed by atoms with Crippen molar-refractivity contribution in [2.24, 2.45) is 0 Å². The molecule has 136 valence electrons. The molecule has 0 saturated heterocycles. The Morgan fingerprint density at radius 1 is 1.38 bits per heavy atom. The van der Waals surface area contributed by atoms with Crippen LogP contribution in [-0.4, -0.2) is 28.9 Å². The molecule has 0 bridgehead atoms. The van der Waals surface area contributed by atoms with Crippen molar-refractivity contribution in [3.63, 3.8) is 0 Å². The van der Waals surface area contributed by atoms with E-state index in [2.05, 4.69) is 10.3 Å². The van der Waals surface area contributed by atoms with Gasteiger partial charge in [-0.05, 0) is 50.6 Å². The summed E-state index contributed by atoms with van der Waals surface area (Å²) in [7, 11) is 0. The van der Waals surface area contributed by atoms with Gasteiger partial charge in [0.15, 0.2) is 17.7 Å². The van der Waals surface area contributed by atoms with Crippen molar-refractivity contribution in [3.05, 3.63) is 40.9 Å². The van der Waals surface area contributed by atoms with Gasteiger partial charge < -0.3 is 15.8 Å². The molecule has 3 N–H and O–H groups in total. The summed E-state index contributed by atoms with van der Waals surface area (Å²) < 4.78 is 5.55. The van der Waals surface area contributed by atoms with Gasteiger partial charge in [0.2, 0.25) is 5.91 Å². The van der Waals surface area contributed by atoms with Gasteiger partial charge in [-0.2, -0.15) is 0 Å². The van der Waals surface area contributed by atoms with Gasteiger partial charge in [0, 0.05) is 10.7 Å². The average Bonchev–Trinajstić information content (AvgIpc) is 2.60. The van der Waals surface area contributed by atoms with Crippen molar-refractivity contribution in [1.82, 2.24) is 4.98 Å². The van der Waals surface area contributed by atoms with E-state index in [-0.39, 0.29) is 23.5 Å². The quantitative estimate of drug-likeness (QED) is 0.860. The van der Waals surface area contributed by atoms with E-state index in [4.69, 9.17) is 22.1 Å². The molecule has 1 aliphatic rings. The monoisotopic (exact) mass is 374 g/mol. The van der Waals surface area contributed by atoms with E-state index in [1.54, 1.807) is 44.2 Å². The number of anilines is 3. The Labute approximate surface area is 156 Å². The summed E-state index contributed by atoms with van der Waals surface area (Å²) in [5, 5.41) is 3.36. The second kappa shape index (κ2) is 6.84. The molecular weight excluding hydrogens is 356 g/mol. The molecule has 0 fully saturated rings. The molecule has 1 aliphatic heterocycles. The third-order valence-corrected chi connectivity index (χ3v) is 4.68. The molecule has 1 aromatic heterocycles. The van der Waals surface area contributed by atoms with Crippen LogP contribution in [0, 0.1) is 6.92 Å². The summed E-state index contributed by atoms with van der Waals surface area (Å²) in [5.41, 5.74) is 7.08. The maximum absolute atomic E-state index is 12.8. The predicted octanol–water partition coefficient (Wildman–Crippen LogP) is 2.77. The van der Waals surface area contributed by atoms with Crippen LogP contribution >= 0.6 is 11.6 Å². The Kier molecular flexibility index (Phi) is 4.73. The number of nitrogens with one attached hydrogen (secondary N) is 1. The smallest absolute Gasteiger partial charge is 0.269 e. The Morgan fingerprint density at radius 3 is 2.85 bits per heavy atom. The van der Waals surface area contributed by atoms with E-state index in [1.165, 1.54) is 4.90 Å². The SMILES string of the molecule is Cc1c(Cl)cccc1NC(=O)C(C)N1C(=O)C(C)Oc2ccc(N)nc21. The first-order chi connectivity index (χ1) is 12.3. The average molecular weight is 375 g/mol. The fourth-order valence-electron chi connectivity index (χ4n) is 2.73. The number of nitrogens with zero attached hydrogens (tertiary/aromatic N) is 2. The number of nitrogens with two attached hydrogens (primary N) is 1. The van der Waals surface area contributed by atoms with E-state index in [0.717, 1.165) is 5.56 Å². The fourth-order valence-corrected chi connectivity index (χ4v) is 2.90. The Bertz CT molecular complexity index is 887. The summed E-state index contributed by atoms with van der Waals surface area (Å²) in [6, 6.07) is 7.64. The minimum atomic E-state index is -0.819. The number of aromatic nitrogens is 1. The molecule has 2 aromatic rings. The maximum Gasteiger partial charge on any atom is 0.269 e. The van der Waals surface area contributed by atoms with Gasteiger partial charge in [-0.1, -0.05) is 17.7 Å². The minimum Gasteiger partial charge on any atom is -0.477 e. The van der Waals surface area contributed by atoms with E-state index in [9.17, 15) is 9.59 Å². The standard InChI is InChI=1S/C18H19ClN4O3/c1-9-12(19)5-4-6-13(9)21-17(24)10(2)23-16-14(7-8-15(20)22-16)26-11(3)18(23)25/h4-8,10-11H,1-3H3,(H2,20,22)(H,21,24). The molecule has 0 saturated carbocycles. The molecular formula is C18H19ClN4O3. The number of rotatable bonds is 3. The van der Waals surface area contributed by atoms with Crippen LogP contribution in [0.25, 0.3) is 0 Å². The first kappa shape index (κ1) is 18.0. The lowest BCUT2D eigenvalue weighted by molar-refractivity contribution is -0.128. The molecule has 0 aliphatic carbocycles. The zero-order chi connectivity index (χ0) is 19.0. The van der Waals surface area contributed by atoms with Crippen LogP contribution in [0.4, 0.5) is 17.3 Å². The second-order valence-corrected chi connectivity index (χ2v) is 6.51. The van der Waals surface area contributed by atoms with Crippen molar-refractivity contribution < 1.29 is 14.3 Å². The molecule has 26 heavy (non-hydrogen) atoms. The zero-order valence-corrected chi connectivity index (χ0v) is 15.4. The molecule has 0 radical (unpaired) electrons. The molecule has 0 spiro atoms. The summed E-state index contributed by atoms with van der Waals surface area (Å²) >= 11 is 6.10. The number of hydrogen-bond donors (Lipinski definition) is 2. The highest BCUT2D eigenvalue weighted by Gasteiger charge is 2.38. The number of pyridine rings is 1. The van der Waals surface area contributed by atoms with Crippen molar-refractivity contribution >= 4 is 40.7 Å². The highest BCUT2D eigenvalue weighted by atomic mass is 35.5. The summed E-state index contributed by atoms with van der Waals surface area (Å²) in [6.45, 7) is 5.06. The highest BCUT2D eigenvalue weighted by Crippen LogP contribution is 2.34. The zero-order valence-electron chi connectivity index (χ0n) is 14.6. The van der Waals surface area contributed by atoms with E-state index < -0.39 is 12.1 Å². The van der Waals surface area contributed by atoms with E-state index in [1.807, 2.05) is 6.92 Å². The number of hydrogen-bond acceptors (Lipinski definition) is 5. The number of amides is 2. The lowest BCUT2D eigenvalue weighted by Gasteiger charge is -2.35. The van der Waals surface area contributed by atoms with Crippen LogP contribution in [0.1, 0.15) is 19.4 Å². The highest BCUT2D eigenvalue weighted by molar-refractivity contribution is 6.31. The van der Waals surface area contributed by atoms with Crippen LogP contribution in [0.5, 0.6) is 5.75 Å². The molecule has 2 amide bonds. The Morgan fingerprint density at radius 2 is 2.12 bits per heavy atom. The van der Waals surface area contributed by atoms with Crippen molar-refractivity contribution in [2.45, 2.75) is 32.9 Å². The molecule has 8 heteroatoms. The lowest BCUT2D eigenvalue weighted by Crippen LogP contribution is -2.53. The molecule has 2 heterocycles. The first-order valence-corrected chi connectivity index (χ1v) is 8.49. The number of carbonyl (C=O) groups is 2. The normalized spacial score (nSPS) is 17.3. The number of fused-ring (bicyclic) bond motifs is 1. The minimum absolute atomic E-state index is 0.234. The lowest BCUT2D eigenvalue weighted by atomic mass is 10.1. The first-order valence-electron chi connectivity index (χ1n) is 8.12. The van der Waals surface area contributed by atoms with Crippen LogP contribution in [0.3, 0.4) is 0 Å². The summed E-state index contributed by atoms with van der Waals surface area (Å²) in [6.07, 6.45) is -0.726. The number of nitrogen functional groups attached to an aromatic ring is 1. The van der Waals surface area contributed by atoms with Crippen LogP contribution in [0.2, 0.25) is 5.02 Å². The molecule has 1 aromatic carbocycles. The van der Waals surface area contributed by atoms with Crippen LogP contribution in [-0.2, 0) is 9.59 Å². The van der Waals surface area contributed by atoms with Gasteiger partial charge in [0.1, 0.15) is 11.9 Å². The van der Waals surface area contributed by atoms with Crippen molar-refractivity contribution in [3.8, 4) is 5.75 Å². The fraction of sp³-hybridized carbons (Fsp3) is 0.278. The molecule has 3 rings (SSSR count). The topological polar surface area (TPSA) is 97.5 Å². The summed E-state index contributed by atoms with van der Waals surface area (Å²) in [4.78, 5) is 30.9. The van der Waals surface area contributed by atoms with Crippen LogP contribution in [0.15, 0.2) is 30.3 Å². The van der Waals surface area contributed by atoms with E-state index >= 15 is 0 Å². The molecule has 7 nitrogen and oxygen atoms in total. The summed E-state index contributed by atoms with van der Waals surface area (Å²) in [5.74, 6) is 0.149. The molecule has 2 unspecified atom stereocenters. The third kappa shape index (κ3) is 3.17. The second-order valence-electron chi connectivity index (χ2n) is 6.10. The van der Waals surface area contributed by atoms with Crippen LogP contribution < -0.4 is 20.7 Å². The van der Waals surface area contributed by atoms with Gasteiger partial charge in [-0.25, -0.2) is 4.98 Å². The Balaban J connectivity index is 1.92. The van der Waals surface area contributed by atoms with Crippen molar-refractivity contribution in [1.29, 1.82) is 0 Å². The molecule has 2 atom stereocenters. The van der Waals surface area contributed by atoms with Gasteiger partial charge in [-0.3, -0.25) is 14.5 Å². The predicted molar refractivity (Wildman–Crippen MR) is 101 cm³/mol. The number of benzene rings is 1. The number of carbonyl (C=O) groups excluding carboxylic acids is 2. The number of ether oxygens (including phenoxy) is 1. The van der Waals surface area contributed by atoms with Gasteiger partial charge >= 0.3 is 0 Å². The van der Waals surface area contributed by atoms with Gasteiger partial charge in [-0.15, -0.1) is 0 Å². The Hall–Kier alpha value is -2.80. The maximum atomic E-state index is 12.8. The van der Waals surface area contributed by atoms with Crippen molar-refractivity contribution in [2.75, 3.05) is 16.0 Å². The third-order valence-electron chi connectivity index (χ3n) is 4.27. The van der Waals surface area contributed by atoms with Gasteiger partial charge in [0.25, 0.3) is 5.91 Å².